The van der Waals surface area contributed by atoms with Gasteiger partial charge in [0.1, 0.15) is 0 Å². The Hall–Kier alpha value is -1.93. The van der Waals surface area contributed by atoms with Crippen molar-refractivity contribution in [3.8, 4) is 0 Å². The van der Waals surface area contributed by atoms with Gasteiger partial charge in [-0.1, -0.05) is 16.7 Å². The molecule has 0 bridgehead atoms. The largest absolute Gasteiger partial charge is 0.361 e. The summed E-state index contributed by atoms with van der Waals surface area (Å²) in [6, 6.07) is 6.30. The molecule has 2 aromatic rings. The molecule has 1 aromatic carbocycles. The van der Waals surface area contributed by atoms with Crippen LogP contribution in [0.25, 0.3) is 21.3 Å². The standard InChI is InChI=1S/C11H12N4/c1-8-2-3-11-10(6-8)9(7-13-11)4-5-14-15-12/h2-3,6-7,13H,4-5H2,1H3. The molecule has 0 aliphatic heterocycles. The smallest absolute Gasteiger partial charge is 0.0456 e. The lowest BCUT2D eigenvalue weighted by atomic mass is 10.1. The first-order valence-corrected chi connectivity index (χ1v) is 4.89. The summed E-state index contributed by atoms with van der Waals surface area (Å²) in [6.07, 6.45) is 2.77. The minimum absolute atomic E-state index is 0.511. The highest BCUT2D eigenvalue weighted by Gasteiger charge is 2.02. The van der Waals surface area contributed by atoms with Gasteiger partial charge in [-0.25, -0.2) is 0 Å². The fourth-order valence-corrected chi connectivity index (χ4v) is 1.71. The third kappa shape index (κ3) is 1.95. The van der Waals surface area contributed by atoms with Gasteiger partial charge < -0.3 is 4.98 Å². The molecule has 1 N–H and O–H groups in total. The van der Waals surface area contributed by atoms with Crippen molar-refractivity contribution < 1.29 is 0 Å². The zero-order valence-corrected chi connectivity index (χ0v) is 8.57. The average Bonchev–Trinajstić information content (AvgIpc) is 2.62. The summed E-state index contributed by atoms with van der Waals surface area (Å²) >= 11 is 0. The van der Waals surface area contributed by atoms with Crippen molar-refractivity contribution in [3.63, 3.8) is 0 Å². The lowest BCUT2D eigenvalue weighted by Crippen LogP contribution is -1.86. The maximum Gasteiger partial charge on any atom is 0.0456 e. The van der Waals surface area contributed by atoms with E-state index in [0.717, 1.165) is 11.9 Å². The molecular formula is C11H12N4. The van der Waals surface area contributed by atoms with Crippen molar-refractivity contribution in [1.29, 1.82) is 0 Å². The van der Waals surface area contributed by atoms with Crippen molar-refractivity contribution in [3.05, 3.63) is 46.0 Å². The Morgan fingerprint density at radius 3 is 3.13 bits per heavy atom. The van der Waals surface area contributed by atoms with Crippen LogP contribution in [0.5, 0.6) is 0 Å². The molecule has 15 heavy (non-hydrogen) atoms. The van der Waals surface area contributed by atoms with E-state index >= 15 is 0 Å². The van der Waals surface area contributed by atoms with Gasteiger partial charge in [0.2, 0.25) is 0 Å². The summed E-state index contributed by atoms with van der Waals surface area (Å²) in [6.45, 7) is 2.58. The van der Waals surface area contributed by atoms with Crippen molar-refractivity contribution in [2.24, 2.45) is 5.11 Å². The predicted molar refractivity (Wildman–Crippen MR) is 60.8 cm³/mol. The van der Waals surface area contributed by atoms with E-state index in [1.165, 1.54) is 16.5 Å². The first kappa shape index (κ1) is 9.62. The Morgan fingerprint density at radius 1 is 1.47 bits per heavy atom. The van der Waals surface area contributed by atoms with Crippen LogP contribution < -0.4 is 0 Å². The van der Waals surface area contributed by atoms with Crippen molar-refractivity contribution >= 4 is 10.9 Å². The van der Waals surface area contributed by atoms with E-state index < -0.39 is 0 Å². The van der Waals surface area contributed by atoms with E-state index in [4.69, 9.17) is 5.53 Å². The SMILES string of the molecule is Cc1ccc2[nH]cc(CCN=[N+]=[N-])c2c1. The van der Waals surface area contributed by atoms with Crippen molar-refractivity contribution in [2.45, 2.75) is 13.3 Å². The second kappa shape index (κ2) is 4.07. The Balaban J connectivity index is 2.34. The number of aromatic amines is 1. The highest BCUT2D eigenvalue weighted by molar-refractivity contribution is 5.83. The molecular weight excluding hydrogens is 188 g/mol. The van der Waals surface area contributed by atoms with Crippen LogP contribution in [0.15, 0.2) is 29.5 Å². The molecule has 4 heteroatoms. The zero-order valence-electron chi connectivity index (χ0n) is 8.57. The van der Waals surface area contributed by atoms with E-state index in [-0.39, 0.29) is 0 Å². The highest BCUT2D eigenvalue weighted by Crippen LogP contribution is 2.19. The monoisotopic (exact) mass is 200 g/mol. The number of hydrogen-bond donors (Lipinski definition) is 1. The number of rotatable bonds is 3. The van der Waals surface area contributed by atoms with Gasteiger partial charge in [0.15, 0.2) is 0 Å². The number of H-pyrrole nitrogens is 1. The maximum absolute atomic E-state index is 8.20. The number of benzene rings is 1. The molecule has 0 spiro atoms. The quantitative estimate of drug-likeness (QED) is 0.448. The molecule has 0 fully saturated rings. The first-order valence-electron chi connectivity index (χ1n) is 4.89. The first-order chi connectivity index (χ1) is 7.31. The van der Waals surface area contributed by atoms with Crippen LogP contribution in [-0.2, 0) is 6.42 Å². The molecule has 0 aliphatic rings. The van der Waals surface area contributed by atoms with Crippen LogP contribution in [-0.4, -0.2) is 11.5 Å². The Bertz CT molecular complexity index is 520. The molecule has 76 valence electrons. The van der Waals surface area contributed by atoms with Gasteiger partial charge in [-0.3, -0.25) is 0 Å². The van der Waals surface area contributed by atoms with Gasteiger partial charge in [0, 0.05) is 28.6 Å². The number of nitrogens with zero attached hydrogens (tertiary/aromatic N) is 3. The summed E-state index contributed by atoms with van der Waals surface area (Å²) in [5.41, 5.74) is 11.8. The van der Waals surface area contributed by atoms with Crippen LogP contribution >= 0.6 is 0 Å². The fourth-order valence-electron chi connectivity index (χ4n) is 1.71. The molecule has 1 aromatic heterocycles. The summed E-state index contributed by atoms with van der Waals surface area (Å²) in [4.78, 5) is 5.96. The summed E-state index contributed by atoms with van der Waals surface area (Å²) in [5, 5.41) is 4.77. The molecule has 4 nitrogen and oxygen atoms in total. The van der Waals surface area contributed by atoms with Gasteiger partial charge in [-0.05, 0) is 36.6 Å². The number of hydrogen-bond acceptors (Lipinski definition) is 1. The van der Waals surface area contributed by atoms with Crippen LogP contribution in [0, 0.1) is 6.92 Å². The molecule has 0 aliphatic carbocycles. The molecule has 0 saturated heterocycles. The highest BCUT2D eigenvalue weighted by atomic mass is 15.1. The van der Waals surface area contributed by atoms with Gasteiger partial charge in [-0.2, -0.15) is 0 Å². The van der Waals surface area contributed by atoms with Gasteiger partial charge in [0.25, 0.3) is 0 Å². The minimum atomic E-state index is 0.511. The summed E-state index contributed by atoms with van der Waals surface area (Å²) < 4.78 is 0. The predicted octanol–water partition coefficient (Wildman–Crippen LogP) is 3.33. The van der Waals surface area contributed by atoms with E-state index in [1.807, 2.05) is 6.20 Å². The zero-order chi connectivity index (χ0) is 10.7. The summed E-state index contributed by atoms with van der Waals surface area (Å²) in [5.74, 6) is 0. The van der Waals surface area contributed by atoms with Crippen LogP contribution in [0.3, 0.4) is 0 Å². The van der Waals surface area contributed by atoms with Crippen molar-refractivity contribution in [2.75, 3.05) is 6.54 Å². The van der Waals surface area contributed by atoms with Crippen LogP contribution in [0.4, 0.5) is 0 Å². The van der Waals surface area contributed by atoms with Crippen LogP contribution in [0.1, 0.15) is 11.1 Å². The second-order valence-electron chi connectivity index (χ2n) is 3.57. The van der Waals surface area contributed by atoms with Gasteiger partial charge in [0.05, 0.1) is 0 Å². The molecule has 0 radical (unpaired) electrons. The number of nitrogens with one attached hydrogen (secondary N) is 1. The third-order valence-electron chi connectivity index (χ3n) is 2.47. The van der Waals surface area contributed by atoms with Gasteiger partial charge in [-0.15, -0.1) is 0 Å². The molecule has 2 rings (SSSR count). The number of aromatic nitrogens is 1. The summed E-state index contributed by atoms with van der Waals surface area (Å²) in [7, 11) is 0. The Morgan fingerprint density at radius 2 is 2.33 bits per heavy atom. The molecule has 0 unspecified atom stereocenters. The third-order valence-corrected chi connectivity index (χ3v) is 2.47. The molecule has 0 atom stereocenters. The van der Waals surface area contributed by atoms with Gasteiger partial charge >= 0.3 is 0 Å². The van der Waals surface area contributed by atoms with E-state index in [0.29, 0.717) is 6.54 Å². The van der Waals surface area contributed by atoms with E-state index in [1.54, 1.807) is 0 Å². The normalized spacial score (nSPS) is 10.2. The Kier molecular flexibility index (Phi) is 2.61. The topological polar surface area (TPSA) is 64.5 Å². The van der Waals surface area contributed by atoms with Crippen LogP contribution in [0.2, 0.25) is 0 Å². The fraction of sp³-hybridized carbons (Fsp3) is 0.273. The molecule has 1 heterocycles. The lowest BCUT2D eigenvalue weighted by molar-refractivity contribution is 0.963. The van der Waals surface area contributed by atoms with E-state index in [2.05, 4.69) is 40.1 Å². The second-order valence-corrected chi connectivity index (χ2v) is 3.57. The lowest BCUT2D eigenvalue weighted by Gasteiger charge is -1.97. The van der Waals surface area contributed by atoms with E-state index in [9.17, 15) is 0 Å². The molecule has 0 saturated carbocycles. The average molecular weight is 200 g/mol. The maximum atomic E-state index is 8.20. The number of fused-ring (bicyclic) bond motifs is 1. The molecule has 0 amide bonds. The number of azide groups is 1. The number of aryl methyl sites for hydroxylation is 1. The van der Waals surface area contributed by atoms with Crippen molar-refractivity contribution in [1.82, 2.24) is 4.98 Å². The Labute approximate surface area is 87.6 Å². The minimum Gasteiger partial charge on any atom is -0.361 e.